The lowest BCUT2D eigenvalue weighted by atomic mass is 10.1. The minimum Gasteiger partial charge on any atom is -0.269 e. The molecule has 2 aromatic rings. The molecule has 8 heteroatoms. The lowest BCUT2D eigenvalue weighted by Crippen LogP contribution is -2.13. The molecule has 0 saturated carbocycles. The average Bonchev–Trinajstić information content (AvgIpc) is 2.98. The first-order valence-electron chi connectivity index (χ1n) is 6.19. The Morgan fingerprint density at radius 1 is 1.38 bits per heavy atom. The van der Waals surface area contributed by atoms with Gasteiger partial charge in [-0.1, -0.05) is 0 Å². The van der Waals surface area contributed by atoms with E-state index in [0.29, 0.717) is 15.0 Å². The van der Waals surface area contributed by atoms with Crippen molar-refractivity contribution in [2.24, 2.45) is 0 Å². The molecular formula is C13H10BrN3O2S2. The van der Waals surface area contributed by atoms with E-state index < -0.39 is 10.0 Å². The van der Waals surface area contributed by atoms with E-state index in [4.69, 9.17) is 0 Å². The van der Waals surface area contributed by atoms with Gasteiger partial charge in [0.15, 0.2) is 0 Å². The molecule has 0 aromatic carbocycles. The lowest BCUT2D eigenvalue weighted by Gasteiger charge is -2.07. The highest BCUT2D eigenvalue weighted by Crippen LogP contribution is 2.39. The summed E-state index contributed by atoms with van der Waals surface area (Å²) < 4.78 is 27.8. The maximum atomic E-state index is 12.4. The van der Waals surface area contributed by atoms with Crippen molar-refractivity contribution >= 4 is 42.3 Å². The minimum absolute atomic E-state index is 0.0642. The minimum atomic E-state index is -3.74. The third-order valence-corrected chi connectivity index (χ3v) is 6.34. The standard InChI is InChI=1S/C13H10BrN3O2S2/c14-8-4-9(7-16-6-8)21(18,19)17-13-11(5-15)10-2-1-3-12(10)20-13/h4,6-7,17H,1-3H2. The van der Waals surface area contributed by atoms with Gasteiger partial charge in [-0.2, -0.15) is 5.26 Å². The van der Waals surface area contributed by atoms with Crippen molar-refractivity contribution in [1.82, 2.24) is 4.98 Å². The molecule has 1 aliphatic rings. The fourth-order valence-electron chi connectivity index (χ4n) is 2.31. The monoisotopic (exact) mass is 383 g/mol. The smallest absolute Gasteiger partial charge is 0.264 e. The zero-order valence-corrected chi connectivity index (χ0v) is 14.0. The lowest BCUT2D eigenvalue weighted by molar-refractivity contribution is 0.601. The molecular weight excluding hydrogens is 374 g/mol. The van der Waals surface area contributed by atoms with Gasteiger partial charge in [0.25, 0.3) is 10.0 Å². The number of nitrogens with one attached hydrogen (secondary N) is 1. The van der Waals surface area contributed by atoms with E-state index in [1.807, 2.05) is 0 Å². The Balaban J connectivity index is 1.99. The van der Waals surface area contributed by atoms with E-state index in [2.05, 4.69) is 31.7 Å². The van der Waals surface area contributed by atoms with Crippen molar-refractivity contribution < 1.29 is 8.42 Å². The molecule has 0 fully saturated rings. The number of halogens is 1. The quantitative estimate of drug-likeness (QED) is 0.882. The normalized spacial score (nSPS) is 13.7. The number of nitriles is 1. The van der Waals surface area contributed by atoms with Crippen molar-refractivity contribution in [3.8, 4) is 6.07 Å². The van der Waals surface area contributed by atoms with Crippen LogP contribution < -0.4 is 4.72 Å². The predicted molar refractivity (Wildman–Crippen MR) is 83.8 cm³/mol. The second-order valence-corrected chi connectivity index (χ2v) is 8.32. The van der Waals surface area contributed by atoms with Crippen LogP contribution in [0.1, 0.15) is 22.4 Å². The number of thiophene rings is 1. The molecule has 108 valence electrons. The van der Waals surface area contributed by atoms with Crippen LogP contribution in [0.3, 0.4) is 0 Å². The Morgan fingerprint density at radius 2 is 2.19 bits per heavy atom. The van der Waals surface area contributed by atoms with Crippen molar-refractivity contribution in [1.29, 1.82) is 5.26 Å². The van der Waals surface area contributed by atoms with E-state index in [1.54, 1.807) is 0 Å². The van der Waals surface area contributed by atoms with Gasteiger partial charge in [0, 0.05) is 21.7 Å². The van der Waals surface area contributed by atoms with Crippen LogP contribution in [-0.4, -0.2) is 13.4 Å². The first kappa shape index (κ1) is 14.5. The number of hydrogen-bond donors (Lipinski definition) is 1. The number of sulfonamides is 1. The molecule has 0 atom stereocenters. The summed E-state index contributed by atoms with van der Waals surface area (Å²) in [6.07, 6.45) is 5.57. The fourth-order valence-corrected chi connectivity index (χ4v) is 5.36. The van der Waals surface area contributed by atoms with Crippen molar-refractivity contribution in [2.45, 2.75) is 24.2 Å². The molecule has 0 spiro atoms. The Morgan fingerprint density at radius 3 is 2.90 bits per heavy atom. The number of rotatable bonds is 3. The number of anilines is 1. The fraction of sp³-hybridized carbons (Fsp3) is 0.231. The highest BCUT2D eigenvalue weighted by molar-refractivity contribution is 9.10. The third kappa shape index (κ3) is 2.69. The number of pyridine rings is 1. The molecule has 0 amide bonds. The second-order valence-electron chi connectivity index (χ2n) is 4.62. The van der Waals surface area contributed by atoms with Gasteiger partial charge in [0.2, 0.25) is 0 Å². The number of hydrogen-bond acceptors (Lipinski definition) is 5. The molecule has 3 rings (SSSR count). The maximum absolute atomic E-state index is 12.4. The van der Waals surface area contributed by atoms with Crippen LogP contribution in [0.15, 0.2) is 27.8 Å². The molecule has 0 unspecified atom stereocenters. The zero-order chi connectivity index (χ0) is 15.0. The van der Waals surface area contributed by atoms with Gasteiger partial charge < -0.3 is 0 Å². The van der Waals surface area contributed by atoms with E-state index in [-0.39, 0.29) is 4.90 Å². The molecule has 1 N–H and O–H groups in total. The van der Waals surface area contributed by atoms with Gasteiger partial charge in [-0.3, -0.25) is 9.71 Å². The van der Waals surface area contributed by atoms with Crippen LogP contribution in [0.5, 0.6) is 0 Å². The zero-order valence-electron chi connectivity index (χ0n) is 10.8. The summed E-state index contributed by atoms with van der Waals surface area (Å²) >= 11 is 4.55. The predicted octanol–water partition coefficient (Wildman–Crippen LogP) is 3.07. The van der Waals surface area contributed by atoms with Crippen LogP contribution in [0.2, 0.25) is 0 Å². The summed E-state index contributed by atoms with van der Waals surface area (Å²) in [4.78, 5) is 5.03. The van der Waals surface area contributed by atoms with Gasteiger partial charge in [-0.15, -0.1) is 11.3 Å². The van der Waals surface area contributed by atoms with Crippen molar-refractivity contribution in [2.75, 3.05) is 4.72 Å². The Kier molecular flexibility index (Phi) is 3.73. The Labute approximate surface area is 134 Å². The molecule has 0 saturated heterocycles. The van der Waals surface area contributed by atoms with E-state index in [0.717, 1.165) is 29.7 Å². The topological polar surface area (TPSA) is 82.9 Å². The maximum Gasteiger partial charge on any atom is 0.264 e. The molecule has 0 radical (unpaired) electrons. The van der Waals surface area contributed by atoms with E-state index >= 15 is 0 Å². The summed E-state index contributed by atoms with van der Waals surface area (Å²) in [6.45, 7) is 0. The largest absolute Gasteiger partial charge is 0.269 e. The third-order valence-electron chi connectivity index (χ3n) is 3.25. The van der Waals surface area contributed by atoms with Gasteiger partial charge in [-0.05, 0) is 46.8 Å². The molecule has 0 bridgehead atoms. The van der Waals surface area contributed by atoms with Crippen LogP contribution >= 0.6 is 27.3 Å². The molecule has 0 aliphatic heterocycles. The number of nitrogens with zero attached hydrogens (tertiary/aromatic N) is 2. The highest BCUT2D eigenvalue weighted by atomic mass is 79.9. The van der Waals surface area contributed by atoms with E-state index in [9.17, 15) is 13.7 Å². The van der Waals surface area contributed by atoms with Crippen molar-refractivity contribution in [3.63, 3.8) is 0 Å². The van der Waals surface area contributed by atoms with Gasteiger partial charge in [0.1, 0.15) is 16.0 Å². The second kappa shape index (κ2) is 5.40. The highest BCUT2D eigenvalue weighted by Gasteiger charge is 2.25. The van der Waals surface area contributed by atoms with Crippen LogP contribution in [0.25, 0.3) is 0 Å². The first-order chi connectivity index (χ1) is 10.0. The molecule has 2 aromatic heterocycles. The summed E-state index contributed by atoms with van der Waals surface area (Å²) in [5.41, 5.74) is 1.45. The van der Waals surface area contributed by atoms with Crippen LogP contribution in [0.4, 0.5) is 5.00 Å². The Bertz CT molecular complexity index is 853. The van der Waals surface area contributed by atoms with Gasteiger partial charge in [0.05, 0.1) is 5.56 Å². The molecule has 21 heavy (non-hydrogen) atoms. The van der Waals surface area contributed by atoms with E-state index in [1.165, 1.54) is 29.8 Å². The van der Waals surface area contributed by atoms with Crippen LogP contribution in [-0.2, 0) is 22.9 Å². The molecule has 1 aliphatic carbocycles. The number of aromatic nitrogens is 1. The summed E-state index contributed by atoms with van der Waals surface area (Å²) in [6, 6.07) is 3.59. The first-order valence-corrected chi connectivity index (χ1v) is 9.28. The van der Waals surface area contributed by atoms with Crippen molar-refractivity contribution in [3.05, 3.63) is 38.9 Å². The number of aryl methyl sites for hydroxylation is 1. The molecule has 5 nitrogen and oxygen atoms in total. The summed E-state index contributed by atoms with van der Waals surface area (Å²) in [5, 5.41) is 9.69. The van der Waals surface area contributed by atoms with Gasteiger partial charge in [-0.25, -0.2) is 8.42 Å². The summed E-state index contributed by atoms with van der Waals surface area (Å²) in [7, 11) is -3.74. The summed E-state index contributed by atoms with van der Waals surface area (Å²) in [5.74, 6) is 0. The van der Waals surface area contributed by atoms with Gasteiger partial charge >= 0.3 is 0 Å². The Hall–Kier alpha value is -1.43. The van der Waals surface area contributed by atoms with Crippen LogP contribution in [0, 0.1) is 11.3 Å². The average molecular weight is 384 g/mol. The molecule has 2 heterocycles. The number of fused-ring (bicyclic) bond motifs is 1. The SMILES string of the molecule is N#Cc1c(NS(=O)(=O)c2cncc(Br)c2)sc2c1CCC2.